The maximum atomic E-state index is 10.2. The standard InChI is InChI=1S/C10H17O2.K/c1-3-10(2,12-8-11)9-6-4-5-7-9;/h9H,3-7H2,1-2H3;/q-1;+1. The molecule has 0 heterocycles. The van der Waals surface area contributed by atoms with E-state index in [4.69, 9.17) is 4.74 Å². The van der Waals surface area contributed by atoms with Gasteiger partial charge in [0.2, 0.25) is 0 Å². The second-order valence-corrected chi connectivity index (χ2v) is 3.83. The van der Waals surface area contributed by atoms with Crippen molar-refractivity contribution in [3.05, 3.63) is 0 Å². The third-order valence-corrected chi connectivity index (χ3v) is 3.20. The Morgan fingerprint density at radius 1 is 1.46 bits per heavy atom. The zero-order valence-electron chi connectivity index (χ0n) is 8.93. The first-order valence-corrected chi connectivity index (χ1v) is 4.78. The Labute approximate surface area is 123 Å². The van der Waals surface area contributed by atoms with Gasteiger partial charge in [-0.15, -0.1) is 0 Å². The van der Waals surface area contributed by atoms with Crippen molar-refractivity contribution in [1.29, 1.82) is 0 Å². The van der Waals surface area contributed by atoms with E-state index in [1.807, 2.05) is 6.92 Å². The quantitative estimate of drug-likeness (QED) is 0.457. The van der Waals surface area contributed by atoms with Crippen molar-refractivity contribution in [2.75, 3.05) is 0 Å². The van der Waals surface area contributed by atoms with Crippen molar-refractivity contribution < 1.29 is 60.9 Å². The Morgan fingerprint density at radius 2 is 2.00 bits per heavy atom. The average molecular weight is 208 g/mol. The van der Waals surface area contributed by atoms with Crippen LogP contribution in [-0.2, 0) is 9.53 Å². The van der Waals surface area contributed by atoms with Gasteiger partial charge in [0.25, 0.3) is 0 Å². The molecule has 0 radical (unpaired) electrons. The van der Waals surface area contributed by atoms with Crippen LogP contribution in [0.15, 0.2) is 0 Å². The third kappa shape index (κ3) is 3.63. The van der Waals surface area contributed by atoms with E-state index in [0.717, 1.165) is 6.42 Å². The molecule has 3 heteroatoms. The molecule has 0 aromatic carbocycles. The molecule has 1 atom stereocenters. The van der Waals surface area contributed by atoms with Gasteiger partial charge in [-0.05, 0) is 32.1 Å². The minimum absolute atomic E-state index is 0. The van der Waals surface area contributed by atoms with Crippen molar-refractivity contribution in [2.24, 2.45) is 5.92 Å². The summed E-state index contributed by atoms with van der Waals surface area (Å²) in [6.45, 7) is 5.67. The van der Waals surface area contributed by atoms with Crippen LogP contribution in [0.3, 0.4) is 0 Å². The van der Waals surface area contributed by atoms with Crippen molar-refractivity contribution in [3.8, 4) is 0 Å². The minimum atomic E-state index is -0.252. The summed E-state index contributed by atoms with van der Waals surface area (Å²) in [7, 11) is 0. The van der Waals surface area contributed by atoms with Crippen LogP contribution >= 0.6 is 0 Å². The molecule has 0 saturated heterocycles. The molecule has 1 saturated carbocycles. The average Bonchev–Trinajstić information content (AvgIpc) is 2.57. The van der Waals surface area contributed by atoms with Crippen molar-refractivity contribution in [1.82, 2.24) is 0 Å². The predicted octanol–water partition coefficient (Wildman–Crippen LogP) is -0.567. The van der Waals surface area contributed by atoms with E-state index < -0.39 is 0 Å². The molecule has 1 unspecified atom stereocenters. The Kier molecular flexibility index (Phi) is 7.12. The summed E-state index contributed by atoms with van der Waals surface area (Å²) in [6, 6.07) is 0. The fraction of sp³-hybridized carbons (Fsp3) is 0.900. The smallest absolute Gasteiger partial charge is 0.648 e. The van der Waals surface area contributed by atoms with Crippen LogP contribution in [0.1, 0.15) is 46.0 Å². The first-order valence-electron chi connectivity index (χ1n) is 4.78. The van der Waals surface area contributed by atoms with Gasteiger partial charge in [-0.1, -0.05) is 26.2 Å². The monoisotopic (exact) mass is 208 g/mol. The number of hydrogen-bond donors (Lipinski definition) is 0. The van der Waals surface area contributed by atoms with Gasteiger partial charge in [0.05, 0.1) is 5.60 Å². The Hall–Kier alpha value is 1.11. The maximum Gasteiger partial charge on any atom is 1.00 e. The summed E-state index contributed by atoms with van der Waals surface area (Å²) in [6.07, 6.45) is 5.86. The topological polar surface area (TPSA) is 26.3 Å². The van der Waals surface area contributed by atoms with Gasteiger partial charge >= 0.3 is 51.4 Å². The largest absolute Gasteiger partial charge is 1.00 e. The van der Waals surface area contributed by atoms with E-state index in [-0.39, 0.29) is 57.0 Å². The summed E-state index contributed by atoms with van der Waals surface area (Å²) in [5.41, 5.74) is -0.252. The van der Waals surface area contributed by atoms with Gasteiger partial charge in [-0.25, -0.2) is 0 Å². The van der Waals surface area contributed by atoms with Crippen LogP contribution in [0.5, 0.6) is 0 Å². The summed E-state index contributed by atoms with van der Waals surface area (Å²) in [5.74, 6) is 0.559. The van der Waals surface area contributed by atoms with Crippen molar-refractivity contribution in [2.45, 2.75) is 51.6 Å². The number of carbonyl (C=O) groups excluding carboxylic acids is 1. The van der Waals surface area contributed by atoms with Crippen molar-refractivity contribution in [3.63, 3.8) is 0 Å². The van der Waals surface area contributed by atoms with E-state index in [1.165, 1.54) is 25.7 Å². The molecule has 0 spiro atoms. The predicted molar refractivity (Wildman–Crippen MR) is 47.4 cm³/mol. The van der Waals surface area contributed by atoms with E-state index in [9.17, 15) is 4.79 Å². The molecular weight excluding hydrogens is 191 g/mol. The summed E-state index contributed by atoms with van der Waals surface area (Å²) < 4.78 is 5.06. The van der Waals surface area contributed by atoms with Crippen molar-refractivity contribution >= 4 is 6.47 Å². The fourth-order valence-electron chi connectivity index (χ4n) is 2.08. The van der Waals surface area contributed by atoms with Crippen LogP contribution < -0.4 is 51.4 Å². The molecule has 1 fully saturated rings. The molecule has 70 valence electrons. The normalized spacial score (nSPS) is 21.7. The molecule has 0 aromatic heterocycles. The molecule has 1 aliphatic rings. The molecule has 0 N–H and O–H groups in total. The molecule has 1 rings (SSSR count). The molecule has 0 aliphatic heterocycles. The van der Waals surface area contributed by atoms with E-state index in [0.29, 0.717) is 5.92 Å². The minimum Gasteiger partial charge on any atom is -0.648 e. The van der Waals surface area contributed by atoms with Crippen LogP contribution in [0.4, 0.5) is 0 Å². The Bertz CT molecular complexity index is 155. The fourth-order valence-corrected chi connectivity index (χ4v) is 2.08. The number of rotatable bonds is 4. The zero-order chi connectivity index (χ0) is 9.03. The first kappa shape index (κ1) is 14.1. The van der Waals surface area contributed by atoms with Crippen LogP contribution in [0.2, 0.25) is 0 Å². The molecule has 0 bridgehead atoms. The Balaban J connectivity index is 0.00000144. The number of ether oxygens (including phenoxy) is 1. The Morgan fingerprint density at radius 3 is 2.38 bits per heavy atom. The summed E-state index contributed by atoms with van der Waals surface area (Å²) in [5, 5.41) is 0. The van der Waals surface area contributed by atoms with Gasteiger partial charge in [-0.3, -0.25) is 0 Å². The van der Waals surface area contributed by atoms with Gasteiger partial charge in [0.15, 0.2) is 0 Å². The summed E-state index contributed by atoms with van der Waals surface area (Å²) >= 11 is 0. The van der Waals surface area contributed by atoms with Gasteiger partial charge in [0, 0.05) is 0 Å². The van der Waals surface area contributed by atoms with Gasteiger partial charge < -0.3 is 9.53 Å². The van der Waals surface area contributed by atoms with Crippen LogP contribution in [0.25, 0.3) is 0 Å². The van der Waals surface area contributed by atoms with E-state index in [2.05, 4.69) is 6.92 Å². The van der Waals surface area contributed by atoms with Gasteiger partial charge in [0.1, 0.15) is 0 Å². The number of hydrogen-bond acceptors (Lipinski definition) is 2. The molecule has 2 nitrogen and oxygen atoms in total. The molecule has 0 amide bonds. The second kappa shape index (κ2) is 6.56. The first-order chi connectivity index (χ1) is 5.73. The van der Waals surface area contributed by atoms with Crippen LogP contribution in [-0.4, -0.2) is 12.1 Å². The van der Waals surface area contributed by atoms with Crippen LogP contribution in [0, 0.1) is 5.92 Å². The maximum absolute atomic E-state index is 10.2. The molecule has 1 aliphatic carbocycles. The van der Waals surface area contributed by atoms with E-state index >= 15 is 0 Å². The molecule has 0 aromatic rings. The second-order valence-electron chi connectivity index (χ2n) is 3.83. The molecule has 13 heavy (non-hydrogen) atoms. The zero-order valence-corrected chi connectivity index (χ0v) is 12.1. The van der Waals surface area contributed by atoms with E-state index in [1.54, 1.807) is 6.47 Å². The summed E-state index contributed by atoms with van der Waals surface area (Å²) in [4.78, 5) is 10.2. The third-order valence-electron chi connectivity index (χ3n) is 3.20. The SMILES string of the molecule is CCC(C)(O[C-]=O)C1CCCC1.[K+]. The molecular formula is C10H17KO2. The van der Waals surface area contributed by atoms with Gasteiger partial charge in [-0.2, -0.15) is 0 Å².